The summed E-state index contributed by atoms with van der Waals surface area (Å²) in [6, 6.07) is 14.4. The number of carbonyl (C=O) groups excluding carboxylic acids is 1. The fraction of sp³-hybridized carbons (Fsp3) is 0.0526. The lowest BCUT2D eigenvalue weighted by atomic mass is 10.1. The Hall–Kier alpha value is -3.16. The van der Waals surface area contributed by atoms with Crippen molar-refractivity contribution < 1.29 is 14.1 Å². The van der Waals surface area contributed by atoms with E-state index in [1.54, 1.807) is 42.5 Å². The summed E-state index contributed by atoms with van der Waals surface area (Å²) in [4.78, 5) is 22.4. The van der Waals surface area contributed by atoms with E-state index in [-0.39, 0.29) is 12.1 Å². The van der Waals surface area contributed by atoms with Crippen molar-refractivity contribution in [2.45, 2.75) is 6.42 Å². The zero-order chi connectivity index (χ0) is 20.1. The molecule has 0 aliphatic carbocycles. The van der Waals surface area contributed by atoms with Crippen molar-refractivity contribution in [1.29, 1.82) is 0 Å². The maximum Gasteiger partial charge on any atom is 0.273 e. The van der Waals surface area contributed by atoms with Crippen LogP contribution in [0.2, 0.25) is 10.0 Å². The van der Waals surface area contributed by atoms with E-state index in [4.69, 9.17) is 27.6 Å². The summed E-state index contributed by atoms with van der Waals surface area (Å²) in [7, 11) is 0. The van der Waals surface area contributed by atoms with Crippen LogP contribution in [0.25, 0.3) is 11.3 Å². The monoisotopic (exact) mass is 417 g/mol. The first-order chi connectivity index (χ1) is 13.4. The SMILES string of the molecule is O=C(Cc1ccccc1[N+](=O)[O-])NN=Cc1ccc(-c2cc(Cl)ccc2Cl)o1. The van der Waals surface area contributed by atoms with E-state index in [1.807, 2.05) is 0 Å². The molecule has 9 heteroatoms. The molecule has 3 aromatic rings. The second-order valence-electron chi connectivity index (χ2n) is 5.68. The summed E-state index contributed by atoms with van der Waals surface area (Å²) in [5.74, 6) is 0.396. The number of benzene rings is 2. The number of hydrazone groups is 1. The molecular weight excluding hydrogens is 405 g/mol. The number of furan rings is 1. The number of nitro groups is 1. The van der Waals surface area contributed by atoms with Gasteiger partial charge in [-0.3, -0.25) is 14.9 Å². The molecule has 142 valence electrons. The lowest BCUT2D eigenvalue weighted by Crippen LogP contribution is -2.20. The summed E-state index contributed by atoms with van der Waals surface area (Å²) >= 11 is 12.1. The Balaban J connectivity index is 1.64. The quantitative estimate of drug-likeness (QED) is 0.351. The van der Waals surface area contributed by atoms with Gasteiger partial charge in [-0.05, 0) is 30.3 Å². The van der Waals surface area contributed by atoms with Crippen molar-refractivity contribution in [3.63, 3.8) is 0 Å². The minimum Gasteiger partial charge on any atom is -0.455 e. The van der Waals surface area contributed by atoms with Crippen LogP contribution in [0.4, 0.5) is 5.69 Å². The normalized spacial score (nSPS) is 10.9. The molecular formula is C19H13Cl2N3O4. The summed E-state index contributed by atoms with van der Waals surface area (Å²) in [5.41, 5.74) is 3.14. The lowest BCUT2D eigenvalue weighted by molar-refractivity contribution is -0.385. The highest BCUT2D eigenvalue weighted by molar-refractivity contribution is 6.35. The zero-order valence-corrected chi connectivity index (χ0v) is 15.8. The third kappa shape index (κ3) is 4.76. The molecule has 0 unspecified atom stereocenters. The third-order valence-corrected chi connectivity index (χ3v) is 4.31. The first-order valence-electron chi connectivity index (χ1n) is 8.03. The van der Waals surface area contributed by atoms with Gasteiger partial charge in [-0.2, -0.15) is 5.10 Å². The number of carbonyl (C=O) groups is 1. The molecule has 28 heavy (non-hydrogen) atoms. The van der Waals surface area contributed by atoms with Crippen LogP contribution >= 0.6 is 23.2 Å². The molecule has 1 amide bonds. The maximum absolute atomic E-state index is 12.0. The van der Waals surface area contributed by atoms with Crippen molar-refractivity contribution in [2.75, 3.05) is 0 Å². The van der Waals surface area contributed by atoms with Gasteiger partial charge in [-0.15, -0.1) is 0 Å². The van der Waals surface area contributed by atoms with Gasteiger partial charge in [-0.25, -0.2) is 5.43 Å². The van der Waals surface area contributed by atoms with E-state index < -0.39 is 10.8 Å². The summed E-state index contributed by atoms with van der Waals surface area (Å²) < 4.78 is 5.62. The van der Waals surface area contributed by atoms with E-state index in [2.05, 4.69) is 10.5 Å². The fourth-order valence-electron chi connectivity index (χ4n) is 2.47. The Kier molecular flexibility index (Phi) is 6.08. The van der Waals surface area contributed by atoms with Crippen LogP contribution in [0.5, 0.6) is 0 Å². The minimum atomic E-state index is -0.531. The largest absolute Gasteiger partial charge is 0.455 e. The number of rotatable bonds is 6. The van der Waals surface area contributed by atoms with Gasteiger partial charge in [0.1, 0.15) is 11.5 Å². The molecule has 0 fully saturated rings. The highest BCUT2D eigenvalue weighted by Gasteiger charge is 2.15. The molecule has 7 nitrogen and oxygen atoms in total. The summed E-state index contributed by atoms with van der Waals surface area (Å²) in [6.07, 6.45) is 1.15. The van der Waals surface area contributed by atoms with Crippen LogP contribution in [-0.2, 0) is 11.2 Å². The number of nitro benzene ring substituents is 1. The van der Waals surface area contributed by atoms with Crippen LogP contribution in [0.15, 0.2) is 64.1 Å². The standard InChI is InChI=1S/C19H13Cl2N3O4/c20-13-5-7-16(21)15(10-13)18-8-6-14(28-18)11-22-23-19(25)9-12-3-1-2-4-17(12)24(26)27/h1-8,10-11H,9H2,(H,23,25). The van der Waals surface area contributed by atoms with Crippen LogP contribution in [0, 0.1) is 10.1 Å². The molecule has 0 atom stereocenters. The van der Waals surface area contributed by atoms with Gasteiger partial charge in [0.25, 0.3) is 5.69 Å². The molecule has 0 bridgehead atoms. The topological polar surface area (TPSA) is 97.7 Å². The van der Waals surface area contributed by atoms with Gasteiger partial charge in [0, 0.05) is 22.2 Å². The maximum atomic E-state index is 12.0. The van der Waals surface area contributed by atoms with Crippen LogP contribution in [0.1, 0.15) is 11.3 Å². The van der Waals surface area contributed by atoms with Gasteiger partial charge < -0.3 is 4.42 Å². The number of nitrogens with one attached hydrogen (secondary N) is 1. The number of hydrogen-bond donors (Lipinski definition) is 1. The first-order valence-corrected chi connectivity index (χ1v) is 8.79. The molecule has 3 rings (SSSR count). The van der Waals surface area contributed by atoms with Crippen LogP contribution in [0.3, 0.4) is 0 Å². The third-order valence-electron chi connectivity index (χ3n) is 3.74. The van der Waals surface area contributed by atoms with E-state index >= 15 is 0 Å². The summed E-state index contributed by atoms with van der Waals surface area (Å²) in [6.45, 7) is 0. The van der Waals surface area contributed by atoms with E-state index in [0.29, 0.717) is 32.7 Å². The molecule has 0 aliphatic heterocycles. The van der Waals surface area contributed by atoms with Gasteiger partial charge in [0.15, 0.2) is 0 Å². The number of para-hydroxylation sites is 1. The highest BCUT2D eigenvalue weighted by Crippen LogP contribution is 2.31. The van der Waals surface area contributed by atoms with E-state index in [1.165, 1.54) is 18.3 Å². The Labute approximate surface area is 169 Å². The zero-order valence-electron chi connectivity index (χ0n) is 14.3. The Morgan fingerprint density at radius 3 is 2.75 bits per heavy atom. The van der Waals surface area contributed by atoms with Crippen molar-refractivity contribution in [2.24, 2.45) is 5.10 Å². The molecule has 0 radical (unpaired) electrons. The van der Waals surface area contributed by atoms with Crippen LogP contribution < -0.4 is 5.43 Å². The second-order valence-corrected chi connectivity index (χ2v) is 6.53. The fourth-order valence-corrected chi connectivity index (χ4v) is 2.85. The van der Waals surface area contributed by atoms with Gasteiger partial charge in [0.05, 0.1) is 22.6 Å². The van der Waals surface area contributed by atoms with Crippen molar-refractivity contribution in [3.05, 3.63) is 86.1 Å². The van der Waals surface area contributed by atoms with Gasteiger partial charge in [0.2, 0.25) is 5.91 Å². The average Bonchev–Trinajstić information content (AvgIpc) is 3.12. The molecule has 0 saturated carbocycles. The van der Waals surface area contributed by atoms with Crippen molar-refractivity contribution in [3.8, 4) is 11.3 Å². The van der Waals surface area contributed by atoms with Crippen molar-refractivity contribution >= 4 is 41.0 Å². The van der Waals surface area contributed by atoms with E-state index in [9.17, 15) is 14.9 Å². The highest BCUT2D eigenvalue weighted by atomic mass is 35.5. The molecule has 0 spiro atoms. The first kappa shape index (κ1) is 19.6. The Morgan fingerprint density at radius 1 is 1.18 bits per heavy atom. The van der Waals surface area contributed by atoms with E-state index in [0.717, 1.165) is 0 Å². The summed E-state index contributed by atoms with van der Waals surface area (Å²) in [5, 5.41) is 15.8. The number of amides is 1. The Bertz CT molecular complexity index is 1060. The predicted molar refractivity (Wildman–Crippen MR) is 107 cm³/mol. The Morgan fingerprint density at radius 2 is 1.96 bits per heavy atom. The minimum absolute atomic E-state index is 0.115. The number of nitrogens with zero attached hydrogens (tertiary/aromatic N) is 2. The van der Waals surface area contributed by atoms with Gasteiger partial charge in [-0.1, -0.05) is 41.4 Å². The van der Waals surface area contributed by atoms with Gasteiger partial charge >= 0.3 is 0 Å². The number of halogens is 2. The molecule has 0 saturated heterocycles. The second kappa shape index (κ2) is 8.69. The number of hydrogen-bond acceptors (Lipinski definition) is 5. The lowest BCUT2D eigenvalue weighted by Gasteiger charge is -2.02. The predicted octanol–water partition coefficient (Wildman–Crippen LogP) is 4.85. The molecule has 0 aliphatic rings. The molecule has 2 aromatic carbocycles. The smallest absolute Gasteiger partial charge is 0.273 e. The van der Waals surface area contributed by atoms with Crippen molar-refractivity contribution in [1.82, 2.24) is 5.43 Å². The van der Waals surface area contributed by atoms with Crippen LogP contribution in [-0.4, -0.2) is 17.0 Å². The average molecular weight is 418 g/mol. The molecule has 1 aromatic heterocycles. The molecule has 1 N–H and O–H groups in total. The molecule has 1 heterocycles.